The van der Waals surface area contributed by atoms with Gasteiger partial charge in [-0.3, -0.25) is 0 Å². The molecule has 1 rings (SSSR count). The van der Waals surface area contributed by atoms with Crippen LogP contribution in [0, 0.1) is 11.8 Å². The summed E-state index contributed by atoms with van der Waals surface area (Å²) in [5.41, 5.74) is 8.97. The van der Waals surface area contributed by atoms with Crippen molar-refractivity contribution in [3.05, 3.63) is 44.8 Å². The van der Waals surface area contributed by atoms with Crippen LogP contribution in [0.3, 0.4) is 0 Å². The SMILES string of the molecule is COC(=O)c1ccc(C#CCN=[N+]=[N-])cc1Cl. The van der Waals surface area contributed by atoms with Crippen LogP contribution in [-0.4, -0.2) is 19.6 Å². The fourth-order valence-electron chi connectivity index (χ4n) is 1.08. The quantitative estimate of drug-likeness (QED) is 0.266. The first kappa shape index (κ1) is 12.9. The summed E-state index contributed by atoms with van der Waals surface area (Å²) in [6.07, 6.45) is 0. The number of carbonyl (C=O) groups is 1. The van der Waals surface area contributed by atoms with Crippen LogP contribution in [0.2, 0.25) is 5.02 Å². The second-order valence-corrected chi connectivity index (χ2v) is 3.28. The van der Waals surface area contributed by atoms with E-state index in [-0.39, 0.29) is 17.1 Å². The molecule has 0 aliphatic heterocycles. The molecular weight excluding hydrogens is 242 g/mol. The van der Waals surface area contributed by atoms with Crippen molar-refractivity contribution in [1.82, 2.24) is 0 Å². The third-order valence-electron chi connectivity index (χ3n) is 1.82. The Labute approximate surface area is 103 Å². The average molecular weight is 250 g/mol. The zero-order valence-electron chi connectivity index (χ0n) is 8.98. The van der Waals surface area contributed by atoms with Crippen LogP contribution in [0.25, 0.3) is 10.4 Å². The van der Waals surface area contributed by atoms with E-state index >= 15 is 0 Å². The van der Waals surface area contributed by atoms with Crippen LogP contribution in [0.1, 0.15) is 15.9 Å². The molecule has 0 aliphatic rings. The minimum atomic E-state index is -0.497. The predicted octanol–water partition coefficient (Wildman–Crippen LogP) is 2.79. The van der Waals surface area contributed by atoms with E-state index in [1.807, 2.05) is 0 Å². The van der Waals surface area contributed by atoms with Crippen LogP contribution in [0.15, 0.2) is 23.3 Å². The van der Waals surface area contributed by atoms with Crippen molar-refractivity contribution >= 4 is 17.6 Å². The topological polar surface area (TPSA) is 75.1 Å². The molecule has 1 aromatic rings. The lowest BCUT2D eigenvalue weighted by atomic mass is 10.1. The van der Waals surface area contributed by atoms with Crippen molar-refractivity contribution in [2.45, 2.75) is 0 Å². The number of carbonyl (C=O) groups excluding carboxylic acids is 1. The summed E-state index contributed by atoms with van der Waals surface area (Å²) in [5, 5.41) is 3.54. The Morgan fingerprint density at radius 3 is 3.00 bits per heavy atom. The standard InChI is InChI=1S/C11H8ClN3O2/c1-17-11(16)9-5-4-8(7-10(9)12)3-2-6-14-15-13/h4-5,7H,6H2,1H3. The maximum absolute atomic E-state index is 11.2. The summed E-state index contributed by atoms with van der Waals surface area (Å²) >= 11 is 5.89. The highest BCUT2D eigenvalue weighted by molar-refractivity contribution is 6.33. The van der Waals surface area contributed by atoms with Gasteiger partial charge in [0.05, 0.1) is 24.2 Å². The van der Waals surface area contributed by atoms with E-state index in [0.717, 1.165) is 0 Å². The molecule has 0 atom stereocenters. The summed E-state index contributed by atoms with van der Waals surface area (Å²) in [5.74, 6) is 4.90. The lowest BCUT2D eigenvalue weighted by molar-refractivity contribution is 0.0601. The van der Waals surface area contributed by atoms with Gasteiger partial charge in [-0.1, -0.05) is 28.6 Å². The normalized spacial score (nSPS) is 8.59. The van der Waals surface area contributed by atoms with Gasteiger partial charge in [-0.2, -0.15) is 0 Å². The van der Waals surface area contributed by atoms with Gasteiger partial charge in [-0.05, 0) is 23.7 Å². The molecule has 17 heavy (non-hydrogen) atoms. The van der Waals surface area contributed by atoms with E-state index in [9.17, 15) is 4.79 Å². The molecule has 0 unspecified atom stereocenters. The molecule has 1 aromatic carbocycles. The number of azide groups is 1. The van der Waals surface area contributed by atoms with Crippen molar-refractivity contribution in [2.75, 3.05) is 13.7 Å². The average Bonchev–Trinajstić information content (AvgIpc) is 2.34. The van der Waals surface area contributed by atoms with Gasteiger partial charge in [0.2, 0.25) is 0 Å². The first-order chi connectivity index (χ1) is 8.19. The number of halogens is 1. The fraction of sp³-hybridized carbons (Fsp3) is 0.182. The number of hydrogen-bond acceptors (Lipinski definition) is 3. The number of benzene rings is 1. The first-order valence-electron chi connectivity index (χ1n) is 4.56. The summed E-state index contributed by atoms with van der Waals surface area (Å²) in [4.78, 5) is 13.8. The number of methoxy groups -OCH3 is 1. The molecule has 86 valence electrons. The highest BCUT2D eigenvalue weighted by atomic mass is 35.5. The molecule has 0 aromatic heterocycles. The van der Waals surface area contributed by atoms with Crippen molar-refractivity contribution in [3.63, 3.8) is 0 Å². The number of rotatable bonds is 2. The second-order valence-electron chi connectivity index (χ2n) is 2.88. The van der Waals surface area contributed by atoms with E-state index in [2.05, 4.69) is 26.6 Å². The lowest BCUT2D eigenvalue weighted by Gasteiger charge is -2.01. The van der Waals surface area contributed by atoms with Crippen molar-refractivity contribution < 1.29 is 9.53 Å². The minimum Gasteiger partial charge on any atom is -0.465 e. The van der Waals surface area contributed by atoms with Crippen LogP contribution in [0.4, 0.5) is 0 Å². The summed E-state index contributed by atoms with van der Waals surface area (Å²) < 4.78 is 4.56. The fourth-order valence-corrected chi connectivity index (χ4v) is 1.33. The number of nitrogens with zero attached hydrogens (tertiary/aromatic N) is 3. The highest BCUT2D eigenvalue weighted by Gasteiger charge is 2.09. The van der Waals surface area contributed by atoms with Crippen molar-refractivity contribution in [3.8, 4) is 11.8 Å². The van der Waals surface area contributed by atoms with Crippen LogP contribution >= 0.6 is 11.6 Å². The van der Waals surface area contributed by atoms with E-state index < -0.39 is 5.97 Å². The van der Waals surface area contributed by atoms with Gasteiger partial charge in [-0.25, -0.2) is 4.79 Å². The van der Waals surface area contributed by atoms with Gasteiger partial charge in [0.1, 0.15) is 0 Å². The molecule has 0 radical (unpaired) electrons. The third kappa shape index (κ3) is 3.72. The van der Waals surface area contributed by atoms with Crippen molar-refractivity contribution in [1.29, 1.82) is 0 Å². The third-order valence-corrected chi connectivity index (χ3v) is 2.13. The van der Waals surface area contributed by atoms with Crippen LogP contribution < -0.4 is 0 Å². The minimum absolute atomic E-state index is 0.0902. The van der Waals surface area contributed by atoms with Crippen LogP contribution in [-0.2, 0) is 4.74 Å². The molecule has 0 saturated heterocycles. The Hall–Kier alpha value is -2.15. The summed E-state index contributed by atoms with van der Waals surface area (Å²) in [6, 6.07) is 4.73. The molecule has 0 N–H and O–H groups in total. The molecule has 0 bridgehead atoms. The zero-order chi connectivity index (χ0) is 12.7. The maximum Gasteiger partial charge on any atom is 0.339 e. The smallest absolute Gasteiger partial charge is 0.339 e. The predicted molar refractivity (Wildman–Crippen MR) is 63.7 cm³/mol. The number of hydrogen-bond donors (Lipinski definition) is 0. The molecular formula is C11H8ClN3O2. The van der Waals surface area contributed by atoms with Gasteiger partial charge in [-0.15, -0.1) is 0 Å². The van der Waals surface area contributed by atoms with Gasteiger partial charge in [0.15, 0.2) is 0 Å². The molecule has 0 aliphatic carbocycles. The molecule has 6 heteroatoms. The summed E-state index contributed by atoms with van der Waals surface area (Å²) in [6.45, 7) is 0.0902. The monoisotopic (exact) mass is 249 g/mol. The molecule has 0 spiro atoms. The zero-order valence-corrected chi connectivity index (χ0v) is 9.73. The van der Waals surface area contributed by atoms with Crippen LogP contribution in [0.5, 0.6) is 0 Å². The Balaban J connectivity index is 2.91. The highest BCUT2D eigenvalue weighted by Crippen LogP contribution is 2.18. The van der Waals surface area contributed by atoms with E-state index in [1.54, 1.807) is 12.1 Å². The van der Waals surface area contributed by atoms with Gasteiger partial charge >= 0.3 is 5.97 Å². The Morgan fingerprint density at radius 1 is 1.65 bits per heavy atom. The molecule has 0 saturated carbocycles. The molecule has 0 heterocycles. The largest absolute Gasteiger partial charge is 0.465 e. The Bertz CT molecular complexity index is 539. The van der Waals surface area contributed by atoms with Gasteiger partial charge < -0.3 is 4.74 Å². The van der Waals surface area contributed by atoms with E-state index in [1.165, 1.54) is 13.2 Å². The Kier molecular flexibility index (Phi) is 4.89. The molecule has 0 fully saturated rings. The number of ether oxygens (including phenoxy) is 1. The van der Waals surface area contributed by atoms with E-state index in [4.69, 9.17) is 17.1 Å². The van der Waals surface area contributed by atoms with E-state index in [0.29, 0.717) is 5.56 Å². The lowest BCUT2D eigenvalue weighted by Crippen LogP contribution is -2.01. The van der Waals surface area contributed by atoms with Crippen molar-refractivity contribution in [2.24, 2.45) is 5.11 Å². The molecule has 5 nitrogen and oxygen atoms in total. The molecule has 0 amide bonds. The second kappa shape index (κ2) is 6.44. The summed E-state index contributed by atoms with van der Waals surface area (Å²) in [7, 11) is 1.28. The van der Waals surface area contributed by atoms with Gasteiger partial charge in [0.25, 0.3) is 0 Å². The van der Waals surface area contributed by atoms with Gasteiger partial charge in [0, 0.05) is 10.5 Å². The maximum atomic E-state index is 11.2. The first-order valence-corrected chi connectivity index (χ1v) is 4.94. The number of esters is 1. The Morgan fingerprint density at radius 2 is 2.41 bits per heavy atom.